The molecule has 0 saturated carbocycles. The van der Waals surface area contributed by atoms with Gasteiger partial charge in [-0.15, -0.1) is 10.2 Å². The molecular weight excluding hydrogens is 218 g/mol. The first-order valence-corrected chi connectivity index (χ1v) is 6.37. The van der Waals surface area contributed by atoms with Crippen LogP contribution in [-0.2, 0) is 17.8 Å². The van der Waals surface area contributed by atoms with Crippen LogP contribution in [0.5, 0.6) is 0 Å². The summed E-state index contributed by atoms with van der Waals surface area (Å²) in [4.78, 5) is 0. The molecule has 1 N–H and O–H groups in total. The Morgan fingerprint density at radius 3 is 2.76 bits per heavy atom. The molecule has 0 bridgehead atoms. The number of aromatic nitrogens is 3. The Balaban J connectivity index is 2.01. The zero-order valence-electron chi connectivity index (χ0n) is 10.6. The summed E-state index contributed by atoms with van der Waals surface area (Å²) >= 11 is 0. The molecule has 0 amide bonds. The summed E-state index contributed by atoms with van der Waals surface area (Å²) in [5.74, 6) is 1.61. The quantitative estimate of drug-likeness (QED) is 0.845. The Labute approximate surface area is 102 Å². The fraction of sp³-hybridized carbons (Fsp3) is 0.833. The normalized spacial score (nSPS) is 20.4. The lowest BCUT2D eigenvalue weighted by Gasteiger charge is -2.14. The van der Waals surface area contributed by atoms with Crippen LogP contribution in [-0.4, -0.2) is 32.6 Å². The second kappa shape index (κ2) is 5.60. The van der Waals surface area contributed by atoms with E-state index < -0.39 is 0 Å². The lowest BCUT2D eigenvalue weighted by molar-refractivity contribution is 0.104. The van der Waals surface area contributed by atoms with Crippen LogP contribution in [0.1, 0.15) is 50.8 Å². The van der Waals surface area contributed by atoms with Gasteiger partial charge in [-0.3, -0.25) is 0 Å². The molecule has 1 unspecified atom stereocenters. The second-order valence-corrected chi connectivity index (χ2v) is 4.83. The molecule has 1 aromatic heterocycles. The molecule has 1 aliphatic rings. The van der Waals surface area contributed by atoms with Crippen molar-refractivity contribution in [3.8, 4) is 0 Å². The Kier molecular flexibility index (Phi) is 4.12. The number of aryl methyl sites for hydroxylation is 1. The van der Waals surface area contributed by atoms with E-state index in [1.807, 2.05) is 4.57 Å². The maximum absolute atomic E-state index is 9.21. The molecule has 2 rings (SSSR count). The zero-order valence-corrected chi connectivity index (χ0v) is 10.6. The number of hydrogen-bond acceptors (Lipinski definition) is 4. The molecule has 96 valence electrons. The van der Waals surface area contributed by atoms with Crippen molar-refractivity contribution in [2.75, 3.05) is 6.61 Å². The Hall–Kier alpha value is -0.940. The molecule has 0 aromatic carbocycles. The third kappa shape index (κ3) is 2.84. The molecule has 1 aromatic rings. The molecule has 17 heavy (non-hydrogen) atoms. The summed E-state index contributed by atoms with van der Waals surface area (Å²) in [6, 6.07) is 0.284. The van der Waals surface area contributed by atoms with Gasteiger partial charge in [0.05, 0.1) is 6.10 Å². The van der Waals surface area contributed by atoms with Gasteiger partial charge in [0, 0.05) is 19.1 Å². The van der Waals surface area contributed by atoms with Crippen LogP contribution in [0.2, 0.25) is 0 Å². The number of aliphatic hydroxyl groups excluding tert-OH is 1. The summed E-state index contributed by atoms with van der Waals surface area (Å²) in [6.45, 7) is 5.00. The minimum Gasteiger partial charge on any atom is -0.388 e. The molecule has 1 atom stereocenters. The van der Waals surface area contributed by atoms with E-state index in [-0.39, 0.29) is 12.6 Å². The monoisotopic (exact) mass is 239 g/mol. The Morgan fingerprint density at radius 2 is 2.18 bits per heavy atom. The van der Waals surface area contributed by atoms with Crippen LogP contribution in [0, 0.1) is 0 Å². The standard InChI is InChI=1S/C12H21N3O2/c1-9(2)15-11(13-14-12(15)8-16)6-5-10-4-3-7-17-10/h9-10,16H,3-8H2,1-2H3. The van der Waals surface area contributed by atoms with Gasteiger partial charge >= 0.3 is 0 Å². The molecule has 0 aliphatic carbocycles. The summed E-state index contributed by atoms with van der Waals surface area (Å²) in [7, 11) is 0. The van der Waals surface area contributed by atoms with Gasteiger partial charge < -0.3 is 14.4 Å². The minimum atomic E-state index is -0.0505. The maximum atomic E-state index is 9.21. The van der Waals surface area contributed by atoms with Crippen molar-refractivity contribution in [3.63, 3.8) is 0 Å². The molecular formula is C12H21N3O2. The highest BCUT2D eigenvalue weighted by Crippen LogP contribution is 2.19. The van der Waals surface area contributed by atoms with Crippen molar-refractivity contribution >= 4 is 0 Å². The van der Waals surface area contributed by atoms with Crippen LogP contribution < -0.4 is 0 Å². The first-order chi connectivity index (χ1) is 8.22. The molecule has 1 aliphatic heterocycles. The number of aliphatic hydroxyl groups is 1. The van der Waals surface area contributed by atoms with E-state index in [2.05, 4.69) is 24.0 Å². The van der Waals surface area contributed by atoms with Gasteiger partial charge in [0.2, 0.25) is 0 Å². The Bertz CT molecular complexity index is 357. The van der Waals surface area contributed by atoms with Crippen molar-refractivity contribution in [3.05, 3.63) is 11.6 Å². The predicted octanol–water partition coefficient (Wildman–Crippen LogP) is 1.46. The van der Waals surface area contributed by atoms with Gasteiger partial charge in [-0.25, -0.2) is 0 Å². The topological polar surface area (TPSA) is 60.2 Å². The van der Waals surface area contributed by atoms with E-state index in [4.69, 9.17) is 4.74 Å². The fourth-order valence-corrected chi connectivity index (χ4v) is 2.40. The van der Waals surface area contributed by atoms with E-state index in [9.17, 15) is 5.11 Å². The van der Waals surface area contributed by atoms with Crippen LogP contribution in [0.3, 0.4) is 0 Å². The van der Waals surface area contributed by atoms with E-state index in [0.29, 0.717) is 11.9 Å². The van der Waals surface area contributed by atoms with Crippen molar-refractivity contribution in [1.29, 1.82) is 0 Å². The third-order valence-corrected chi connectivity index (χ3v) is 3.21. The van der Waals surface area contributed by atoms with Crippen LogP contribution in [0.15, 0.2) is 0 Å². The summed E-state index contributed by atoms with van der Waals surface area (Å²) in [5, 5.41) is 17.4. The van der Waals surface area contributed by atoms with E-state index in [1.165, 1.54) is 6.42 Å². The largest absolute Gasteiger partial charge is 0.388 e. The van der Waals surface area contributed by atoms with Crippen molar-refractivity contribution in [2.45, 2.75) is 58.3 Å². The molecule has 0 radical (unpaired) electrons. The van der Waals surface area contributed by atoms with Gasteiger partial charge in [0.25, 0.3) is 0 Å². The highest BCUT2D eigenvalue weighted by atomic mass is 16.5. The highest BCUT2D eigenvalue weighted by molar-refractivity contribution is 4.97. The Morgan fingerprint density at radius 1 is 1.41 bits per heavy atom. The fourth-order valence-electron chi connectivity index (χ4n) is 2.40. The van der Waals surface area contributed by atoms with Gasteiger partial charge in [0.15, 0.2) is 5.82 Å². The number of nitrogens with zero attached hydrogens (tertiary/aromatic N) is 3. The van der Waals surface area contributed by atoms with Gasteiger partial charge in [0.1, 0.15) is 12.4 Å². The first-order valence-electron chi connectivity index (χ1n) is 6.37. The lowest BCUT2D eigenvalue weighted by Crippen LogP contribution is -2.13. The second-order valence-electron chi connectivity index (χ2n) is 4.83. The summed E-state index contributed by atoms with van der Waals surface area (Å²) in [6.07, 6.45) is 4.57. The van der Waals surface area contributed by atoms with E-state index in [0.717, 1.165) is 31.7 Å². The molecule has 1 fully saturated rings. The van der Waals surface area contributed by atoms with Gasteiger partial charge in [-0.1, -0.05) is 0 Å². The van der Waals surface area contributed by atoms with Crippen molar-refractivity contribution in [1.82, 2.24) is 14.8 Å². The highest BCUT2D eigenvalue weighted by Gasteiger charge is 2.18. The van der Waals surface area contributed by atoms with Crippen LogP contribution in [0.4, 0.5) is 0 Å². The number of ether oxygens (including phenoxy) is 1. The van der Waals surface area contributed by atoms with Crippen molar-refractivity contribution in [2.24, 2.45) is 0 Å². The molecule has 2 heterocycles. The SMILES string of the molecule is CC(C)n1c(CO)nnc1CCC1CCCO1. The third-order valence-electron chi connectivity index (χ3n) is 3.21. The smallest absolute Gasteiger partial charge is 0.159 e. The van der Waals surface area contributed by atoms with E-state index in [1.54, 1.807) is 0 Å². The molecule has 5 nitrogen and oxygen atoms in total. The van der Waals surface area contributed by atoms with Crippen LogP contribution >= 0.6 is 0 Å². The summed E-state index contributed by atoms with van der Waals surface area (Å²) < 4.78 is 7.62. The predicted molar refractivity (Wildman–Crippen MR) is 63.6 cm³/mol. The summed E-state index contributed by atoms with van der Waals surface area (Å²) in [5.41, 5.74) is 0. The molecule has 5 heteroatoms. The maximum Gasteiger partial charge on any atom is 0.159 e. The average molecular weight is 239 g/mol. The number of hydrogen-bond donors (Lipinski definition) is 1. The molecule has 0 spiro atoms. The molecule has 1 saturated heterocycles. The number of rotatable bonds is 5. The zero-order chi connectivity index (χ0) is 12.3. The first kappa shape index (κ1) is 12.5. The minimum absolute atomic E-state index is 0.0505. The van der Waals surface area contributed by atoms with Crippen molar-refractivity contribution < 1.29 is 9.84 Å². The average Bonchev–Trinajstić information content (AvgIpc) is 2.95. The van der Waals surface area contributed by atoms with Crippen LogP contribution in [0.25, 0.3) is 0 Å². The van der Waals surface area contributed by atoms with Gasteiger partial charge in [-0.05, 0) is 33.1 Å². The lowest BCUT2D eigenvalue weighted by atomic mass is 10.1. The van der Waals surface area contributed by atoms with Gasteiger partial charge in [-0.2, -0.15) is 0 Å². The van der Waals surface area contributed by atoms with E-state index >= 15 is 0 Å².